The van der Waals surface area contributed by atoms with Crippen molar-refractivity contribution in [1.29, 1.82) is 0 Å². The van der Waals surface area contributed by atoms with E-state index in [-0.39, 0.29) is 11.3 Å². The Labute approximate surface area is 176 Å². The number of hydrogen-bond acceptors (Lipinski definition) is 4. The molecule has 0 amide bonds. The molecule has 0 aliphatic heterocycles. The summed E-state index contributed by atoms with van der Waals surface area (Å²) >= 11 is -11.7. The number of halogens is 7. The molecule has 12 heteroatoms. The van der Waals surface area contributed by atoms with Crippen molar-refractivity contribution in [2.75, 3.05) is 0 Å². The van der Waals surface area contributed by atoms with Gasteiger partial charge < -0.3 is 8.83 Å². The van der Waals surface area contributed by atoms with E-state index in [2.05, 4.69) is 0 Å². The summed E-state index contributed by atoms with van der Waals surface area (Å²) in [6.45, 7) is 0. The molecule has 0 atom stereocenters. The fourth-order valence-corrected chi connectivity index (χ4v) is 4.63. The third-order valence-corrected chi connectivity index (χ3v) is 5.98. The molecule has 0 saturated carbocycles. The zero-order chi connectivity index (χ0) is 22.2. The van der Waals surface area contributed by atoms with E-state index in [0.717, 1.165) is 17.9 Å². The van der Waals surface area contributed by atoms with Gasteiger partial charge in [-0.25, -0.2) is 9.59 Å². The second-order valence-corrected chi connectivity index (χ2v) is 14.4. The maximum absolute atomic E-state index is 11.3. The van der Waals surface area contributed by atoms with Crippen LogP contribution in [0.25, 0.3) is 21.9 Å². The van der Waals surface area contributed by atoms with Gasteiger partial charge in [-0.15, -0.1) is 0 Å². The van der Waals surface area contributed by atoms with Gasteiger partial charge in [-0.1, -0.05) is 0 Å². The summed E-state index contributed by atoms with van der Waals surface area (Å²) in [5, 5.41) is 1.81. The Hall–Kier alpha value is -2.01. The van der Waals surface area contributed by atoms with E-state index in [9.17, 15) is 26.5 Å². The summed E-state index contributed by atoms with van der Waals surface area (Å²) in [5.74, 6) is 0. The molecule has 0 bridgehead atoms. The molecule has 0 aliphatic carbocycles. The topological polar surface area (TPSA) is 60.4 Å². The van der Waals surface area contributed by atoms with Crippen molar-refractivity contribution in [3.05, 3.63) is 88.6 Å². The average molecular weight is 653 g/mol. The van der Waals surface area contributed by atoms with Crippen molar-refractivity contribution >= 4 is 41.4 Å². The van der Waals surface area contributed by atoms with E-state index in [4.69, 9.17) is 8.83 Å². The first kappa shape index (κ1) is 22.7. The monoisotopic (exact) mass is 652 g/mol. The zero-order valence-corrected chi connectivity index (χ0v) is 19.2. The van der Waals surface area contributed by atoms with Crippen LogP contribution >= 0.6 is 0 Å². The van der Waals surface area contributed by atoms with Gasteiger partial charge in [0.2, 0.25) is 0 Å². The molecule has 160 valence electrons. The molecule has 0 spiro atoms. The number of benzene rings is 2. The summed E-state index contributed by atoms with van der Waals surface area (Å²) in [6.07, 6.45) is 0. The minimum atomic E-state index is -11.2. The molecule has 0 aliphatic rings. The Balaban J connectivity index is 0.000000318. The number of fused-ring (bicyclic) bond motifs is 2. The molecule has 4 aromatic rings. The van der Waals surface area contributed by atoms with E-state index in [1.165, 1.54) is 12.1 Å². The van der Waals surface area contributed by atoms with Crippen LogP contribution in [-0.2, 0) is 0 Å². The first-order chi connectivity index (χ1) is 13.6. The maximum atomic E-state index is 11.3. The molecule has 0 saturated heterocycles. The van der Waals surface area contributed by atoms with Crippen molar-refractivity contribution in [3.8, 4) is 0 Å². The molecular weight excluding hydrogens is 643 g/mol. The summed E-state index contributed by atoms with van der Waals surface area (Å²) < 4.78 is 72.3. The summed E-state index contributed by atoms with van der Waals surface area (Å²) in [5.41, 5.74) is 0.504. The predicted molar refractivity (Wildman–Crippen MR) is 94.8 cm³/mol. The Morgan fingerprint density at radius 1 is 0.600 bits per heavy atom. The minimum absolute atomic E-state index is 0.347. The SMILES string of the molecule is O=c1ccc2ccc([I+]c3ccc4ccc(=O)oc4c3)cc2o1.[F][Sb-]([F])([F])([F])([F])[F]. The van der Waals surface area contributed by atoms with E-state index in [1.54, 1.807) is 12.1 Å². The standard InChI is InChI=1S/C18H10IO4.6FH.Sb/c20-17-7-3-11-1-5-13(9-15(11)22-17)19-14-6-2-12-4-8-18(21)23-16(12)10-14;;;;;;;/h1-10H;6*1H;/q+1;;;;;;;+5/p-6. The van der Waals surface area contributed by atoms with Gasteiger partial charge in [0.25, 0.3) is 0 Å². The van der Waals surface area contributed by atoms with Crippen molar-refractivity contribution in [3.63, 3.8) is 0 Å². The van der Waals surface area contributed by atoms with Crippen LogP contribution in [0.1, 0.15) is 0 Å². The molecule has 0 fully saturated rings. The zero-order valence-electron chi connectivity index (χ0n) is 14.5. The molecule has 4 rings (SSSR count). The molecule has 2 aromatic carbocycles. The molecule has 2 heterocycles. The van der Waals surface area contributed by atoms with Crippen LogP contribution in [0.3, 0.4) is 0 Å². The van der Waals surface area contributed by atoms with Gasteiger partial charge in [0, 0.05) is 35.0 Å². The summed E-state index contributed by atoms with van der Waals surface area (Å²) in [6, 6.07) is 18.2. The summed E-state index contributed by atoms with van der Waals surface area (Å²) in [7, 11) is 0. The molecule has 4 nitrogen and oxygen atoms in total. The molecule has 0 unspecified atom stereocenters. The van der Waals surface area contributed by atoms with E-state index < -0.39 is 40.7 Å². The predicted octanol–water partition coefficient (Wildman–Crippen LogP) is 2.17. The van der Waals surface area contributed by atoms with Gasteiger partial charge in [0.15, 0.2) is 7.14 Å². The van der Waals surface area contributed by atoms with Gasteiger partial charge in [0.1, 0.15) is 11.2 Å². The van der Waals surface area contributed by atoms with Crippen LogP contribution in [0.4, 0.5) is 16.9 Å². The quantitative estimate of drug-likeness (QED) is 0.144. The van der Waals surface area contributed by atoms with E-state index >= 15 is 0 Å². The fourth-order valence-electron chi connectivity index (χ4n) is 2.31. The normalized spacial score (nSPS) is 13.9. The molecule has 0 radical (unpaired) electrons. The first-order valence-corrected chi connectivity index (χ1v) is 15.9. The fraction of sp³-hybridized carbons (Fsp3) is 0. The molecule has 30 heavy (non-hydrogen) atoms. The third kappa shape index (κ3) is 7.67. The van der Waals surface area contributed by atoms with Crippen molar-refractivity contribution in [2.24, 2.45) is 0 Å². The molecule has 2 aromatic heterocycles. The van der Waals surface area contributed by atoms with Crippen LogP contribution in [-0.4, -0.2) is 19.5 Å². The average Bonchev–Trinajstić information content (AvgIpc) is 2.58. The van der Waals surface area contributed by atoms with Crippen molar-refractivity contribution < 1.29 is 46.9 Å². The number of hydrogen-bond donors (Lipinski definition) is 0. The Morgan fingerprint density at radius 3 is 1.30 bits per heavy atom. The van der Waals surface area contributed by atoms with Gasteiger partial charge in [-0.3, -0.25) is 0 Å². The van der Waals surface area contributed by atoms with Gasteiger partial charge in [-0.05, 0) is 36.4 Å². The van der Waals surface area contributed by atoms with Gasteiger partial charge >= 0.3 is 68.8 Å². The van der Waals surface area contributed by atoms with Crippen molar-refractivity contribution in [1.82, 2.24) is 0 Å². The Kier molecular flexibility index (Phi) is 5.51. The number of rotatable bonds is 2. The third-order valence-electron chi connectivity index (χ3n) is 3.39. The second kappa shape index (κ2) is 7.29. The van der Waals surface area contributed by atoms with Crippen LogP contribution in [0.2, 0.25) is 0 Å². The van der Waals surface area contributed by atoms with Gasteiger partial charge in [0.05, 0.1) is 0 Å². The van der Waals surface area contributed by atoms with Crippen LogP contribution < -0.4 is 32.5 Å². The van der Waals surface area contributed by atoms with Crippen molar-refractivity contribution in [2.45, 2.75) is 0 Å². The van der Waals surface area contributed by atoms with Crippen LogP contribution in [0, 0.1) is 7.14 Å². The summed E-state index contributed by atoms with van der Waals surface area (Å²) in [4.78, 5) is 22.7. The first-order valence-electron chi connectivity index (χ1n) is 7.91. The Bertz CT molecular complexity index is 1260. The van der Waals surface area contributed by atoms with Gasteiger partial charge in [-0.2, -0.15) is 0 Å². The second-order valence-electron chi connectivity index (χ2n) is 5.93. The Morgan fingerprint density at radius 2 is 0.933 bits per heavy atom. The molecular formula is C18H10F6IO4Sb. The molecule has 0 N–H and O–H groups in total. The van der Waals surface area contributed by atoms with Crippen LogP contribution in [0.5, 0.6) is 0 Å². The van der Waals surface area contributed by atoms with Crippen LogP contribution in [0.15, 0.2) is 79.1 Å². The van der Waals surface area contributed by atoms with E-state index in [0.29, 0.717) is 11.2 Å². The van der Waals surface area contributed by atoms with E-state index in [1.807, 2.05) is 36.4 Å².